The van der Waals surface area contributed by atoms with E-state index < -0.39 is 0 Å². The van der Waals surface area contributed by atoms with Gasteiger partial charge in [-0.3, -0.25) is 0 Å². The molecule has 1 heterocycles. The van der Waals surface area contributed by atoms with Crippen molar-refractivity contribution in [2.45, 2.75) is 12.5 Å². The van der Waals surface area contributed by atoms with Gasteiger partial charge in [0.05, 0.1) is 19.2 Å². The zero-order chi connectivity index (χ0) is 9.97. The third-order valence-corrected chi connectivity index (χ3v) is 2.17. The van der Waals surface area contributed by atoms with Crippen molar-refractivity contribution in [3.05, 3.63) is 41.0 Å². The molecule has 1 fully saturated rings. The van der Waals surface area contributed by atoms with Crippen LogP contribution in [0.25, 0.3) is 4.85 Å². The summed E-state index contributed by atoms with van der Waals surface area (Å²) in [4.78, 5) is 8.18. The number of rotatable bonds is 1. The maximum Gasteiger partial charge on any atom is 0.190 e. The third kappa shape index (κ3) is 1.74. The molecule has 0 amide bonds. The Morgan fingerprint density at radius 3 is 3.00 bits per heavy atom. The topological polar surface area (TPSA) is 25.6 Å². The maximum atomic E-state index is 13.1. The minimum atomic E-state index is -0.373. The summed E-state index contributed by atoms with van der Waals surface area (Å²) in [5, 5.41) is 0. The Labute approximate surface area is 81.3 Å². The van der Waals surface area contributed by atoms with Gasteiger partial charge in [0.1, 0.15) is 5.82 Å². The predicted octanol–water partition coefficient (Wildman–Crippen LogP) is 2.34. The smallest absolute Gasteiger partial charge is 0.190 e. The number of benzene rings is 1. The van der Waals surface area contributed by atoms with E-state index in [1.807, 2.05) is 0 Å². The van der Waals surface area contributed by atoms with E-state index >= 15 is 0 Å². The van der Waals surface area contributed by atoms with Crippen molar-refractivity contribution in [1.29, 1.82) is 0 Å². The Morgan fingerprint density at radius 2 is 2.36 bits per heavy atom. The molecule has 1 aromatic carbocycles. The number of hydrogen-bond donors (Lipinski definition) is 1. The van der Waals surface area contributed by atoms with Crippen molar-refractivity contribution in [2.24, 2.45) is 0 Å². The Morgan fingerprint density at radius 1 is 1.50 bits per heavy atom. The lowest BCUT2D eigenvalue weighted by Crippen LogP contribution is -2.11. The third-order valence-electron chi connectivity index (χ3n) is 2.17. The fourth-order valence-corrected chi connectivity index (χ4v) is 1.49. The molecule has 1 atom stereocenters. The monoisotopic (exact) mass is 192 g/mol. The van der Waals surface area contributed by atoms with Crippen LogP contribution in [-0.4, -0.2) is 6.61 Å². The van der Waals surface area contributed by atoms with Gasteiger partial charge >= 0.3 is 0 Å². The van der Waals surface area contributed by atoms with Crippen molar-refractivity contribution in [3.8, 4) is 0 Å². The zero-order valence-electron chi connectivity index (χ0n) is 7.46. The molecule has 2 rings (SSSR count). The van der Waals surface area contributed by atoms with Gasteiger partial charge in [-0.15, -0.1) is 0 Å². The SMILES string of the molecule is [C-]#[N+]c1cc(F)cc([C@@H]2CCON2)c1. The molecule has 1 N–H and O–H groups in total. The molecule has 3 nitrogen and oxygen atoms in total. The lowest BCUT2D eigenvalue weighted by Gasteiger charge is -2.09. The van der Waals surface area contributed by atoms with Crippen LogP contribution in [-0.2, 0) is 4.84 Å². The first kappa shape index (κ1) is 9.13. The van der Waals surface area contributed by atoms with Gasteiger partial charge in [0.2, 0.25) is 0 Å². The summed E-state index contributed by atoms with van der Waals surface area (Å²) in [6, 6.07) is 4.35. The van der Waals surface area contributed by atoms with Crippen LogP contribution in [0.5, 0.6) is 0 Å². The second-order valence-corrected chi connectivity index (χ2v) is 3.16. The first-order valence-electron chi connectivity index (χ1n) is 4.35. The molecule has 0 saturated carbocycles. The molecule has 0 spiro atoms. The van der Waals surface area contributed by atoms with Gasteiger partial charge in [-0.05, 0) is 24.1 Å². The summed E-state index contributed by atoms with van der Waals surface area (Å²) in [7, 11) is 0. The van der Waals surface area contributed by atoms with Crippen molar-refractivity contribution < 1.29 is 9.23 Å². The van der Waals surface area contributed by atoms with Crippen LogP contribution >= 0.6 is 0 Å². The van der Waals surface area contributed by atoms with Gasteiger partial charge in [-0.25, -0.2) is 9.24 Å². The highest BCUT2D eigenvalue weighted by Gasteiger charge is 2.18. The summed E-state index contributed by atoms with van der Waals surface area (Å²) in [5.74, 6) is -0.373. The van der Waals surface area contributed by atoms with Crippen LogP contribution < -0.4 is 5.48 Å². The molecular weight excluding hydrogens is 183 g/mol. The average molecular weight is 192 g/mol. The van der Waals surface area contributed by atoms with Gasteiger partial charge in [-0.1, -0.05) is 6.07 Å². The predicted molar refractivity (Wildman–Crippen MR) is 49.1 cm³/mol. The van der Waals surface area contributed by atoms with Gasteiger partial charge < -0.3 is 4.84 Å². The van der Waals surface area contributed by atoms with E-state index in [9.17, 15) is 4.39 Å². The molecule has 72 valence electrons. The molecule has 0 unspecified atom stereocenters. The molecular formula is C10H9FN2O. The average Bonchev–Trinajstić information content (AvgIpc) is 2.69. The summed E-state index contributed by atoms with van der Waals surface area (Å²) in [5.41, 5.74) is 3.88. The number of nitrogens with one attached hydrogen (secondary N) is 1. The fourth-order valence-electron chi connectivity index (χ4n) is 1.49. The van der Waals surface area contributed by atoms with Crippen LogP contribution in [0, 0.1) is 12.4 Å². The van der Waals surface area contributed by atoms with Crippen molar-refractivity contribution in [3.63, 3.8) is 0 Å². The van der Waals surface area contributed by atoms with Crippen molar-refractivity contribution in [1.82, 2.24) is 5.48 Å². The number of nitrogens with zero attached hydrogens (tertiary/aromatic N) is 1. The fraction of sp³-hybridized carbons (Fsp3) is 0.300. The Bertz CT molecular complexity index is 380. The van der Waals surface area contributed by atoms with Gasteiger partial charge in [0.15, 0.2) is 5.69 Å². The van der Waals surface area contributed by atoms with E-state index in [1.54, 1.807) is 6.07 Å². The molecule has 1 aromatic rings. The number of hydrogen-bond acceptors (Lipinski definition) is 2. The maximum absolute atomic E-state index is 13.1. The largest absolute Gasteiger partial charge is 0.301 e. The quantitative estimate of drug-likeness (QED) is 0.691. The van der Waals surface area contributed by atoms with E-state index in [2.05, 4.69) is 10.3 Å². The number of hydroxylamine groups is 1. The minimum Gasteiger partial charge on any atom is -0.301 e. The van der Waals surface area contributed by atoms with Crippen LogP contribution in [0.15, 0.2) is 18.2 Å². The van der Waals surface area contributed by atoms with E-state index in [-0.39, 0.29) is 11.9 Å². The second-order valence-electron chi connectivity index (χ2n) is 3.16. The zero-order valence-corrected chi connectivity index (χ0v) is 7.46. The molecule has 4 heteroatoms. The number of halogens is 1. The Hall–Kier alpha value is -1.44. The molecule has 0 bridgehead atoms. The highest BCUT2D eigenvalue weighted by Crippen LogP contribution is 2.26. The summed E-state index contributed by atoms with van der Waals surface area (Å²) in [6.45, 7) is 7.43. The molecule has 1 aliphatic heterocycles. The first-order chi connectivity index (χ1) is 6.79. The van der Waals surface area contributed by atoms with Gasteiger partial charge in [0, 0.05) is 0 Å². The van der Waals surface area contributed by atoms with Crippen LogP contribution in [0.4, 0.5) is 10.1 Å². The molecule has 0 aliphatic carbocycles. The molecule has 1 saturated heterocycles. The molecule has 1 aliphatic rings. The van der Waals surface area contributed by atoms with E-state index in [0.29, 0.717) is 12.3 Å². The summed E-state index contributed by atoms with van der Waals surface area (Å²) in [6.07, 6.45) is 0.806. The van der Waals surface area contributed by atoms with Crippen LogP contribution in [0.2, 0.25) is 0 Å². The molecule has 14 heavy (non-hydrogen) atoms. The van der Waals surface area contributed by atoms with Crippen LogP contribution in [0.3, 0.4) is 0 Å². The summed E-state index contributed by atoms with van der Waals surface area (Å²) >= 11 is 0. The normalized spacial score (nSPS) is 20.7. The van der Waals surface area contributed by atoms with Gasteiger partial charge in [0.25, 0.3) is 0 Å². The highest BCUT2D eigenvalue weighted by atomic mass is 19.1. The standard InChI is InChI=1S/C10H9FN2O/c1-12-9-5-7(4-8(11)6-9)10-2-3-14-13-10/h4-6,10,13H,2-3H2/t10-/m0/s1. The van der Waals surface area contributed by atoms with Gasteiger partial charge in [-0.2, -0.15) is 5.48 Å². The Balaban J connectivity index is 2.33. The van der Waals surface area contributed by atoms with E-state index in [1.165, 1.54) is 12.1 Å². The minimum absolute atomic E-state index is 0.00574. The van der Waals surface area contributed by atoms with E-state index in [4.69, 9.17) is 11.4 Å². The van der Waals surface area contributed by atoms with Crippen molar-refractivity contribution >= 4 is 5.69 Å². The summed E-state index contributed by atoms with van der Waals surface area (Å²) < 4.78 is 13.1. The first-order valence-corrected chi connectivity index (χ1v) is 4.35. The second kappa shape index (κ2) is 3.74. The lowest BCUT2D eigenvalue weighted by molar-refractivity contribution is 0.0882. The van der Waals surface area contributed by atoms with Crippen LogP contribution in [0.1, 0.15) is 18.0 Å². The molecule has 0 aromatic heterocycles. The van der Waals surface area contributed by atoms with Crippen molar-refractivity contribution in [2.75, 3.05) is 6.61 Å². The lowest BCUT2D eigenvalue weighted by atomic mass is 10.0. The Kier molecular flexibility index (Phi) is 2.44. The highest BCUT2D eigenvalue weighted by molar-refractivity contribution is 5.47. The molecule has 0 radical (unpaired) electrons. The van der Waals surface area contributed by atoms with E-state index in [0.717, 1.165) is 12.0 Å².